The van der Waals surface area contributed by atoms with E-state index in [9.17, 15) is 9.18 Å². The Morgan fingerprint density at radius 3 is 3.00 bits per heavy atom. The molecule has 1 aromatic heterocycles. The van der Waals surface area contributed by atoms with Gasteiger partial charge in [-0.3, -0.25) is 4.79 Å². The van der Waals surface area contributed by atoms with Crippen LogP contribution in [0.5, 0.6) is 0 Å². The third-order valence-corrected chi connectivity index (χ3v) is 2.81. The molecule has 0 aliphatic rings. The number of thiazole rings is 1. The molecule has 1 amide bonds. The first kappa shape index (κ1) is 11.5. The number of anilines is 1. The number of aromatic nitrogens is 1. The molecule has 0 fully saturated rings. The van der Waals surface area contributed by atoms with Crippen molar-refractivity contribution < 1.29 is 9.18 Å². The topological polar surface area (TPSA) is 68.0 Å². The lowest BCUT2D eigenvalue weighted by Crippen LogP contribution is -2.23. The van der Waals surface area contributed by atoms with Crippen LogP contribution in [0.15, 0.2) is 29.1 Å². The Hall–Kier alpha value is -1.95. The predicted molar refractivity (Wildman–Crippen MR) is 64.1 cm³/mol. The van der Waals surface area contributed by atoms with Gasteiger partial charge in [-0.2, -0.15) is 0 Å². The number of rotatable bonds is 3. The summed E-state index contributed by atoms with van der Waals surface area (Å²) in [5.41, 5.74) is 8.06. The molecule has 4 nitrogen and oxygen atoms in total. The van der Waals surface area contributed by atoms with Gasteiger partial charge in [-0.1, -0.05) is 0 Å². The van der Waals surface area contributed by atoms with E-state index >= 15 is 0 Å². The number of amides is 1. The Balaban J connectivity index is 2.02. The summed E-state index contributed by atoms with van der Waals surface area (Å²) in [6, 6.07) is 3.97. The van der Waals surface area contributed by atoms with Crippen LogP contribution in [0.4, 0.5) is 10.1 Å². The van der Waals surface area contributed by atoms with E-state index in [-0.39, 0.29) is 17.2 Å². The van der Waals surface area contributed by atoms with E-state index in [1.54, 1.807) is 5.51 Å². The summed E-state index contributed by atoms with van der Waals surface area (Å²) in [4.78, 5) is 15.7. The summed E-state index contributed by atoms with van der Waals surface area (Å²) in [6.45, 7) is 0.328. The van der Waals surface area contributed by atoms with E-state index in [0.717, 1.165) is 11.8 Å². The van der Waals surface area contributed by atoms with Gasteiger partial charge < -0.3 is 11.1 Å². The van der Waals surface area contributed by atoms with Gasteiger partial charge in [-0.05, 0) is 18.2 Å². The summed E-state index contributed by atoms with van der Waals surface area (Å²) >= 11 is 1.45. The molecule has 0 unspecified atom stereocenters. The number of nitrogen functional groups attached to an aromatic ring is 1. The number of hydrogen-bond donors (Lipinski definition) is 2. The zero-order chi connectivity index (χ0) is 12.3. The van der Waals surface area contributed by atoms with Gasteiger partial charge in [0.2, 0.25) is 0 Å². The second-order valence-corrected chi connectivity index (χ2v) is 4.12. The second-order valence-electron chi connectivity index (χ2n) is 3.40. The van der Waals surface area contributed by atoms with Gasteiger partial charge in [-0.15, -0.1) is 11.3 Å². The Labute approximate surface area is 101 Å². The van der Waals surface area contributed by atoms with Gasteiger partial charge in [-0.25, -0.2) is 9.37 Å². The molecule has 0 aliphatic heterocycles. The van der Waals surface area contributed by atoms with Gasteiger partial charge in [0.1, 0.15) is 5.82 Å². The number of halogens is 1. The van der Waals surface area contributed by atoms with Crippen molar-refractivity contribution in [3.8, 4) is 0 Å². The van der Waals surface area contributed by atoms with Gasteiger partial charge in [0.15, 0.2) is 0 Å². The normalized spacial score (nSPS) is 10.2. The van der Waals surface area contributed by atoms with Crippen LogP contribution in [-0.2, 0) is 6.54 Å². The van der Waals surface area contributed by atoms with Crippen LogP contribution in [-0.4, -0.2) is 10.9 Å². The lowest BCUT2D eigenvalue weighted by atomic mass is 10.2. The molecule has 6 heteroatoms. The van der Waals surface area contributed by atoms with Crippen molar-refractivity contribution >= 4 is 22.9 Å². The summed E-state index contributed by atoms with van der Waals surface area (Å²) < 4.78 is 13.1. The van der Waals surface area contributed by atoms with Crippen molar-refractivity contribution in [1.82, 2.24) is 10.3 Å². The zero-order valence-electron chi connectivity index (χ0n) is 8.81. The molecular weight excluding hydrogens is 241 g/mol. The molecule has 0 radical (unpaired) electrons. The first-order chi connectivity index (χ1) is 8.16. The molecule has 0 saturated heterocycles. The molecule has 0 atom stereocenters. The van der Waals surface area contributed by atoms with Crippen molar-refractivity contribution in [3.63, 3.8) is 0 Å². The maximum Gasteiger partial charge on any atom is 0.251 e. The Morgan fingerprint density at radius 1 is 1.53 bits per heavy atom. The fraction of sp³-hybridized carbons (Fsp3) is 0.0909. The van der Waals surface area contributed by atoms with Gasteiger partial charge in [0.05, 0.1) is 23.4 Å². The van der Waals surface area contributed by atoms with Crippen LogP contribution >= 0.6 is 11.3 Å². The van der Waals surface area contributed by atoms with Crippen molar-refractivity contribution in [2.75, 3.05) is 5.73 Å². The Bertz CT molecular complexity index is 528. The summed E-state index contributed by atoms with van der Waals surface area (Å²) in [5.74, 6) is -0.941. The minimum atomic E-state index is -0.591. The number of benzene rings is 1. The molecule has 3 N–H and O–H groups in total. The fourth-order valence-corrected chi connectivity index (χ4v) is 1.82. The van der Waals surface area contributed by atoms with Crippen molar-refractivity contribution in [2.24, 2.45) is 0 Å². The van der Waals surface area contributed by atoms with Crippen LogP contribution in [0.3, 0.4) is 0 Å². The van der Waals surface area contributed by atoms with Crippen LogP contribution in [0.1, 0.15) is 16.1 Å². The maximum absolute atomic E-state index is 13.1. The number of nitrogens with zero attached hydrogens (tertiary/aromatic N) is 1. The maximum atomic E-state index is 13.1. The van der Waals surface area contributed by atoms with Crippen LogP contribution in [0.25, 0.3) is 0 Å². The second kappa shape index (κ2) is 4.92. The highest BCUT2D eigenvalue weighted by atomic mass is 32.1. The molecule has 1 heterocycles. The smallest absolute Gasteiger partial charge is 0.251 e. The minimum Gasteiger partial charge on any atom is -0.396 e. The van der Waals surface area contributed by atoms with E-state index in [4.69, 9.17) is 5.73 Å². The first-order valence-corrected chi connectivity index (χ1v) is 5.81. The van der Waals surface area contributed by atoms with Gasteiger partial charge in [0, 0.05) is 10.9 Å². The average Bonchev–Trinajstić information content (AvgIpc) is 2.82. The third-order valence-electron chi connectivity index (χ3n) is 2.18. The standard InChI is InChI=1S/C11H10FN3OS/c12-9-3-7(1-2-10(9)13)11(16)14-4-8-5-17-6-15-8/h1-3,5-6H,4,13H2,(H,14,16). The molecule has 0 aliphatic carbocycles. The average molecular weight is 251 g/mol. The summed E-state index contributed by atoms with van der Waals surface area (Å²) in [5, 5.41) is 4.48. The predicted octanol–water partition coefficient (Wildman–Crippen LogP) is 1.79. The largest absolute Gasteiger partial charge is 0.396 e. The van der Waals surface area contributed by atoms with Crippen molar-refractivity contribution in [2.45, 2.75) is 6.54 Å². The number of carbonyl (C=O) groups is 1. The van der Waals surface area contributed by atoms with E-state index in [2.05, 4.69) is 10.3 Å². The Morgan fingerprint density at radius 2 is 2.35 bits per heavy atom. The number of nitrogens with two attached hydrogens (primary N) is 1. The number of hydrogen-bond acceptors (Lipinski definition) is 4. The highest BCUT2D eigenvalue weighted by molar-refractivity contribution is 7.07. The quantitative estimate of drug-likeness (QED) is 0.817. The third kappa shape index (κ3) is 2.79. The van der Waals surface area contributed by atoms with Crippen molar-refractivity contribution in [1.29, 1.82) is 0 Å². The van der Waals surface area contributed by atoms with Crippen LogP contribution in [0, 0.1) is 5.82 Å². The van der Waals surface area contributed by atoms with Crippen LogP contribution < -0.4 is 11.1 Å². The fourth-order valence-electron chi connectivity index (χ4n) is 1.27. The monoisotopic (exact) mass is 251 g/mol. The van der Waals surface area contributed by atoms with E-state index < -0.39 is 5.82 Å². The summed E-state index contributed by atoms with van der Waals surface area (Å²) in [7, 11) is 0. The SMILES string of the molecule is Nc1ccc(C(=O)NCc2cscn2)cc1F. The lowest BCUT2D eigenvalue weighted by molar-refractivity contribution is 0.0950. The van der Waals surface area contributed by atoms with Crippen molar-refractivity contribution in [3.05, 3.63) is 46.2 Å². The highest BCUT2D eigenvalue weighted by Crippen LogP contribution is 2.12. The lowest BCUT2D eigenvalue weighted by Gasteiger charge is -2.04. The Kier molecular flexibility index (Phi) is 3.34. The summed E-state index contributed by atoms with van der Waals surface area (Å²) in [6.07, 6.45) is 0. The molecule has 17 heavy (non-hydrogen) atoms. The van der Waals surface area contributed by atoms with E-state index in [1.165, 1.54) is 23.5 Å². The molecule has 2 rings (SSSR count). The van der Waals surface area contributed by atoms with E-state index in [0.29, 0.717) is 6.54 Å². The minimum absolute atomic E-state index is 0.0288. The molecule has 88 valence electrons. The van der Waals surface area contributed by atoms with E-state index in [1.807, 2.05) is 5.38 Å². The number of carbonyl (C=O) groups excluding carboxylic acids is 1. The van der Waals surface area contributed by atoms with Gasteiger partial charge >= 0.3 is 0 Å². The van der Waals surface area contributed by atoms with Crippen LogP contribution in [0.2, 0.25) is 0 Å². The molecule has 0 saturated carbocycles. The molecule has 1 aromatic carbocycles. The zero-order valence-corrected chi connectivity index (χ0v) is 9.63. The number of nitrogens with one attached hydrogen (secondary N) is 1. The highest BCUT2D eigenvalue weighted by Gasteiger charge is 2.08. The molecule has 0 spiro atoms. The first-order valence-electron chi connectivity index (χ1n) is 4.87. The molecule has 0 bridgehead atoms. The molecule has 2 aromatic rings. The molecular formula is C11H10FN3OS. The van der Waals surface area contributed by atoms with Gasteiger partial charge in [0.25, 0.3) is 5.91 Å².